The Kier molecular flexibility index (Phi) is 3.56. The van der Waals surface area contributed by atoms with Crippen LogP contribution in [0.2, 0.25) is 0 Å². The lowest BCUT2D eigenvalue weighted by Gasteiger charge is -2.62. The summed E-state index contributed by atoms with van der Waals surface area (Å²) < 4.78 is 16.1. The number of carbonyl (C=O) groups excluding carboxylic acids is 1. The summed E-state index contributed by atoms with van der Waals surface area (Å²) in [5.41, 5.74) is 1.24. The van der Waals surface area contributed by atoms with Crippen molar-refractivity contribution in [3.8, 4) is 22.8 Å². The summed E-state index contributed by atoms with van der Waals surface area (Å²) in [4.78, 5) is 14.6. The van der Waals surface area contributed by atoms with Crippen LogP contribution in [0, 0.1) is 5.41 Å². The van der Waals surface area contributed by atoms with Crippen LogP contribution in [0.4, 0.5) is 0 Å². The van der Waals surface area contributed by atoms with Gasteiger partial charge in [-0.3, -0.25) is 4.79 Å². The van der Waals surface area contributed by atoms with E-state index in [1.54, 1.807) is 11.0 Å². The van der Waals surface area contributed by atoms with Crippen LogP contribution in [0.5, 0.6) is 11.5 Å². The summed E-state index contributed by atoms with van der Waals surface area (Å²) in [6, 6.07) is 16.9. The first-order valence-electron chi connectivity index (χ1n) is 9.98. The standard InChI is InChI=1S/C23H20N2O5/c26-21(17-9-19(30-24-17)15-6-7-18-20(8-15)29-14-28-18)25-12-22(13-25)10-23(27,11-22)16-4-2-1-3-5-16/h1-9,27H,10-14H2. The minimum Gasteiger partial charge on any atom is -0.454 e. The molecule has 30 heavy (non-hydrogen) atoms. The predicted octanol–water partition coefficient (Wildman–Crippen LogP) is 3.19. The van der Waals surface area contributed by atoms with E-state index < -0.39 is 5.60 Å². The molecule has 0 atom stereocenters. The number of hydrogen-bond donors (Lipinski definition) is 1. The Hall–Kier alpha value is -3.32. The van der Waals surface area contributed by atoms with Gasteiger partial charge in [0.2, 0.25) is 6.79 Å². The third-order valence-corrected chi connectivity index (χ3v) is 6.37. The Labute approximate surface area is 172 Å². The van der Waals surface area contributed by atoms with Crippen molar-refractivity contribution < 1.29 is 23.9 Å². The molecule has 1 aliphatic carbocycles. The lowest BCUT2D eigenvalue weighted by Crippen LogP contribution is -2.67. The smallest absolute Gasteiger partial charge is 0.276 e. The number of likely N-dealkylation sites (tertiary alicyclic amines) is 1. The molecule has 3 aliphatic rings. The van der Waals surface area contributed by atoms with Gasteiger partial charge >= 0.3 is 0 Å². The van der Waals surface area contributed by atoms with Crippen LogP contribution < -0.4 is 9.47 Å². The summed E-state index contributed by atoms with van der Waals surface area (Å²) in [6.45, 7) is 1.47. The molecule has 0 bridgehead atoms. The number of nitrogens with zero attached hydrogens (tertiary/aromatic N) is 2. The first-order chi connectivity index (χ1) is 14.5. The monoisotopic (exact) mass is 404 g/mol. The molecule has 1 N–H and O–H groups in total. The topological polar surface area (TPSA) is 85.0 Å². The van der Waals surface area contributed by atoms with E-state index in [4.69, 9.17) is 14.0 Å². The molecule has 1 saturated heterocycles. The second kappa shape index (κ2) is 6.09. The average molecular weight is 404 g/mol. The zero-order chi connectivity index (χ0) is 20.3. The number of aliphatic hydroxyl groups is 1. The summed E-state index contributed by atoms with van der Waals surface area (Å²) >= 11 is 0. The fourth-order valence-corrected chi connectivity index (χ4v) is 5.00. The molecule has 7 heteroatoms. The number of fused-ring (bicyclic) bond motifs is 1. The van der Waals surface area contributed by atoms with E-state index in [0.29, 0.717) is 43.2 Å². The van der Waals surface area contributed by atoms with Crippen LogP contribution >= 0.6 is 0 Å². The van der Waals surface area contributed by atoms with E-state index in [-0.39, 0.29) is 23.8 Å². The molecule has 1 saturated carbocycles. The Morgan fingerprint density at radius 1 is 1.00 bits per heavy atom. The van der Waals surface area contributed by atoms with Crippen molar-refractivity contribution in [3.63, 3.8) is 0 Å². The fourth-order valence-electron chi connectivity index (χ4n) is 5.00. The van der Waals surface area contributed by atoms with Gasteiger partial charge in [-0.15, -0.1) is 0 Å². The lowest BCUT2D eigenvalue weighted by molar-refractivity contribution is -0.185. The van der Waals surface area contributed by atoms with Crippen LogP contribution in [-0.2, 0) is 5.60 Å². The van der Waals surface area contributed by atoms with Crippen molar-refractivity contribution in [2.75, 3.05) is 19.9 Å². The molecule has 2 fully saturated rings. The van der Waals surface area contributed by atoms with E-state index in [0.717, 1.165) is 11.1 Å². The highest BCUT2D eigenvalue weighted by molar-refractivity contribution is 5.94. The molecule has 1 amide bonds. The second-order valence-corrected chi connectivity index (χ2v) is 8.56. The van der Waals surface area contributed by atoms with Gasteiger partial charge < -0.3 is 24.0 Å². The number of amides is 1. The van der Waals surface area contributed by atoms with Gasteiger partial charge in [0.05, 0.1) is 5.60 Å². The van der Waals surface area contributed by atoms with Crippen molar-refractivity contribution in [1.29, 1.82) is 0 Å². The predicted molar refractivity (Wildman–Crippen MR) is 106 cm³/mol. The van der Waals surface area contributed by atoms with Gasteiger partial charge in [-0.2, -0.15) is 0 Å². The van der Waals surface area contributed by atoms with Gasteiger partial charge in [0.15, 0.2) is 23.0 Å². The van der Waals surface area contributed by atoms with Crippen molar-refractivity contribution in [3.05, 3.63) is 65.9 Å². The quantitative estimate of drug-likeness (QED) is 0.722. The van der Waals surface area contributed by atoms with Crippen LogP contribution in [0.1, 0.15) is 28.9 Å². The second-order valence-electron chi connectivity index (χ2n) is 8.56. The van der Waals surface area contributed by atoms with Crippen molar-refractivity contribution in [1.82, 2.24) is 10.1 Å². The molecule has 3 aromatic rings. The molecule has 152 valence electrons. The number of benzene rings is 2. The summed E-state index contributed by atoms with van der Waals surface area (Å²) in [5, 5.41) is 14.8. The molecule has 2 aliphatic heterocycles. The average Bonchev–Trinajstić information content (AvgIpc) is 3.38. The Morgan fingerprint density at radius 3 is 2.57 bits per heavy atom. The van der Waals surface area contributed by atoms with Gasteiger partial charge in [0.1, 0.15) is 0 Å². The Bertz CT molecular complexity index is 1130. The molecule has 1 spiro atoms. The van der Waals surface area contributed by atoms with E-state index in [1.807, 2.05) is 48.5 Å². The summed E-state index contributed by atoms with van der Waals surface area (Å²) in [5.74, 6) is 1.70. The molecule has 0 unspecified atom stereocenters. The van der Waals surface area contributed by atoms with E-state index in [1.165, 1.54) is 0 Å². The first kappa shape index (κ1) is 17.5. The molecular formula is C23H20N2O5. The Balaban J connectivity index is 1.12. The maximum absolute atomic E-state index is 12.8. The van der Waals surface area contributed by atoms with Gasteiger partial charge in [0, 0.05) is 30.1 Å². The van der Waals surface area contributed by atoms with Gasteiger partial charge in [-0.25, -0.2) is 0 Å². The third-order valence-electron chi connectivity index (χ3n) is 6.37. The number of rotatable bonds is 3. The highest BCUT2D eigenvalue weighted by Crippen LogP contribution is 2.58. The normalized spacial score (nSPS) is 20.0. The zero-order valence-electron chi connectivity index (χ0n) is 16.2. The van der Waals surface area contributed by atoms with Crippen LogP contribution in [0.3, 0.4) is 0 Å². The highest BCUT2D eigenvalue weighted by Gasteiger charge is 2.61. The highest BCUT2D eigenvalue weighted by atomic mass is 16.7. The summed E-state index contributed by atoms with van der Waals surface area (Å²) in [7, 11) is 0. The molecule has 1 aromatic heterocycles. The lowest BCUT2D eigenvalue weighted by atomic mass is 9.53. The van der Waals surface area contributed by atoms with Crippen LogP contribution in [0.15, 0.2) is 59.1 Å². The van der Waals surface area contributed by atoms with Crippen molar-refractivity contribution in [2.45, 2.75) is 18.4 Å². The molecule has 7 nitrogen and oxygen atoms in total. The minimum absolute atomic E-state index is 0.00411. The van der Waals surface area contributed by atoms with E-state index in [9.17, 15) is 9.90 Å². The van der Waals surface area contributed by atoms with E-state index >= 15 is 0 Å². The third kappa shape index (κ3) is 2.62. The number of ether oxygens (including phenoxy) is 2. The molecular weight excluding hydrogens is 384 g/mol. The largest absolute Gasteiger partial charge is 0.454 e. The maximum Gasteiger partial charge on any atom is 0.276 e. The van der Waals surface area contributed by atoms with Crippen LogP contribution in [-0.4, -0.2) is 41.0 Å². The number of hydrogen-bond acceptors (Lipinski definition) is 6. The molecule has 3 heterocycles. The zero-order valence-corrected chi connectivity index (χ0v) is 16.2. The van der Waals surface area contributed by atoms with Crippen molar-refractivity contribution >= 4 is 5.91 Å². The van der Waals surface area contributed by atoms with Gasteiger partial charge in [0.25, 0.3) is 5.91 Å². The minimum atomic E-state index is -0.781. The SMILES string of the molecule is O=C(c1cc(-c2ccc3c(c2)OCO3)on1)N1CC2(C1)CC(O)(c1ccccc1)C2. The molecule has 6 rings (SSSR count). The molecule has 2 aromatic carbocycles. The maximum atomic E-state index is 12.8. The number of carbonyl (C=O) groups is 1. The van der Waals surface area contributed by atoms with Gasteiger partial charge in [-0.1, -0.05) is 35.5 Å². The Morgan fingerprint density at radius 2 is 1.77 bits per heavy atom. The van der Waals surface area contributed by atoms with Gasteiger partial charge in [-0.05, 0) is 36.6 Å². The van der Waals surface area contributed by atoms with Crippen LogP contribution in [0.25, 0.3) is 11.3 Å². The fraction of sp³-hybridized carbons (Fsp3) is 0.304. The van der Waals surface area contributed by atoms with Crippen molar-refractivity contribution in [2.24, 2.45) is 5.41 Å². The molecule has 0 radical (unpaired) electrons. The van der Waals surface area contributed by atoms with E-state index in [2.05, 4.69) is 5.16 Å². The number of aromatic nitrogens is 1. The summed E-state index contributed by atoms with van der Waals surface area (Å²) in [6.07, 6.45) is 1.35. The first-order valence-corrected chi connectivity index (χ1v) is 9.98.